The summed E-state index contributed by atoms with van der Waals surface area (Å²) >= 11 is 3.25. The van der Waals surface area contributed by atoms with Crippen LogP contribution in [0, 0.1) is 12.7 Å². The first-order chi connectivity index (χ1) is 9.31. The van der Waals surface area contributed by atoms with Crippen molar-refractivity contribution in [2.75, 3.05) is 10.5 Å². The van der Waals surface area contributed by atoms with E-state index in [0.29, 0.717) is 10.2 Å². The van der Waals surface area contributed by atoms with Crippen LogP contribution in [0.5, 0.6) is 0 Å². The van der Waals surface area contributed by atoms with E-state index >= 15 is 0 Å². The Morgan fingerprint density at radius 3 is 2.55 bits per heavy atom. The van der Waals surface area contributed by atoms with Gasteiger partial charge in [-0.15, -0.1) is 0 Å². The zero-order valence-corrected chi connectivity index (χ0v) is 12.9. The molecular weight excluding hydrogens is 347 g/mol. The van der Waals surface area contributed by atoms with Gasteiger partial charge in [0, 0.05) is 4.47 Å². The summed E-state index contributed by atoms with van der Waals surface area (Å²) in [5, 5.41) is 0. The fourth-order valence-electron chi connectivity index (χ4n) is 1.70. The zero-order valence-electron chi connectivity index (χ0n) is 10.5. The smallest absolute Gasteiger partial charge is 0.262 e. The molecule has 7 heteroatoms. The minimum absolute atomic E-state index is 0.0489. The number of anilines is 2. The second-order valence-corrected chi connectivity index (χ2v) is 6.73. The molecule has 0 bridgehead atoms. The van der Waals surface area contributed by atoms with Crippen molar-refractivity contribution in [1.29, 1.82) is 0 Å². The lowest BCUT2D eigenvalue weighted by Gasteiger charge is -2.12. The standard InChI is InChI=1S/C13H12BrFN2O2S/c1-8-6-10(15)11(16)7-13(8)20(18,19)17-12-5-3-2-4-9(12)14/h2-7,17H,16H2,1H3. The van der Waals surface area contributed by atoms with Crippen molar-refractivity contribution >= 4 is 37.3 Å². The van der Waals surface area contributed by atoms with E-state index in [9.17, 15) is 12.8 Å². The van der Waals surface area contributed by atoms with Gasteiger partial charge in [-0.05, 0) is 52.7 Å². The van der Waals surface area contributed by atoms with E-state index in [2.05, 4.69) is 20.7 Å². The van der Waals surface area contributed by atoms with Gasteiger partial charge in [0.2, 0.25) is 0 Å². The van der Waals surface area contributed by atoms with Gasteiger partial charge in [0.15, 0.2) is 0 Å². The molecule has 106 valence electrons. The lowest BCUT2D eigenvalue weighted by atomic mass is 10.2. The molecule has 2 rings (SSSR count). The van der Waals surface area contributed by atoms with Crippen LogP contribution in [0.3, 0.4) is 0 Å². The van der Waals surface area contributed by atoms with Crippen LogP contribution in [0.1, 0.15) is 5.56 Å². The number of nitrogens with two attached hydrogens (primary N) is 1. The molecule has 0 heterocycles. The molecule has 4 nitrogen and oxygen atoms in total. The van der Waals surface area contributed by atoms with E-state index < -0.39 is 15.8 Å². The van der Waals surface area contributed by atoms with Crippen LogP contribution in [0.25, 0.3) is 0 Å². The highest BCUT2D eigenvalue weighted by Gasteiger charge is 2.19. The Hall–Kier alpha value is -1.60. The summed E-state index contributed by atoms with van der Waals surface area (Å²) in [6.07, 6.45) is 0. The monoisotopic (exact) mass is 358 g/mol. The average Bonchev–Trinajstić information content (AvgIpc) is 2.36. The van der Waals surface area contributed by atoms with Gasteiger partial charge in [-0.2, -0.15) is 0 Å². The van der Waals surface area contributed by atoms with Gasteiger partial charge in [0.25, 0.3) is 10.0 Å². The maximum atomic E-state index is 13.3. The molecule has 0 atom stereocenters. The average molecular weight is 359 g/mol. The predicted molar refractivity (Wildman–Crippen MR) is 80.5 cm³/mol. The van der Waals surface area contributed by atoms with Crippen molar-refractivity contribution < 1.29 is 12.8 Å². The summed E-state index contributed by atoms with van der Waals surface area (Å²) in [7, 11) is -3.83. The first-order valence-corrected chi connectivity index (χ1v) is 7.92. The summed E-state index contributed by atoms with van der Waals surface area (Å²) in [6.45, 7) is 1.51. The van der Waals surface area contributed by atoms with Gasteiger partial charge in [0.1, 0.15) is 5.82 Å². The number of halogens is 2. The third-order valence-electron chi connectivity index (χ3n) is 2.70. The van der Waals surface area contributed by atoms with Crippen molar-refractivity contribution in [2.45, 2.75) is 11.8 Å². The third kappa shape index (κ3) is 2.94. The van der Waals surface area contributed by atoms with E-state index in [1.54, 1.807) is 24.3 Å². The molecule has 0 aliphatic carbocycles. The Labute approximate surface area is 125 Å². The van der Waals surface area contributed by atoms with Crippen molar-refractivity contribution in [3.63, 3.8) is 0 Å². The molecule has 0 amide bonds. The summed E-state index contributed by atoms with van der Waals surface area (Å²) < 4.78 is 41.0. The van der Waals surface area contributed by atoms with Gasteiger partial charge in [-0.3, -0.25) is 4.72 Å². The number of aryl methyl sites for hydroxylation is 1. The minimum Gasteiger partial charge on any atom is -0.396 e. The first kappa shape index (κ1) is 14.8. The van der Waals surface area contributed by atoms with Crippen molar-refractivity contribution in [3.8, 4) is 0 Å². The first-order valence-electron chi connectivity index (χ1n) is 5.64. The quantitative estimate of drug-likeness (QED) is 0.827. The fourth-order valence-corrected chi connectivity index (χ4v) is 3.56. The number of rotatable bonds is 3. The number of hydrogen-bond donors (Lipinski definition) is 2. The van der Waals surface area contributed by atoms with Crippen molar-refractivity contribution in [3.05, 3.63) is 52.3 Å². The maximum absolute atomic E-state index is 13.3. The highest BCUT2D eigenvalue weighted by atomic mass is 79.9. The Morgan fingerprint density at radius 2 is 1.90 bits per heavy atom. The van der Waals surface area contributed by atoms with E-state index in [0.717, 1.165) is 12.1 Å². The van der Waals surface area contributed by atoms with Crippen LogP contribution in [-0.4, -0.2) is 8.42 Å². The summed E-state index contributed by atoms with van der Waals surface area (Å²) in [5.41, 5.74) is 5.91. The molecule has 0 fully saturated rings. The number of nitrogen functional groups attached to an aromatic ring is 1. The van der Waals surface area contributed by atoms with Crippen LogP contribution >= 0.6 is 15.9 Å². The van der Waals surface area contributed by atoms with Gasteiger partial charge >= 0.3 is 0 Å². The Bertz CT molecular complexity index is 763. The number of sulfonamides is 1. The van der Waals surface area contributed by atoms with Gasteiger partial charge in [-0.25, -0.2) is 12.8 Å². The highest BCUT2D eigenvalue weighted by Crippen LogP contribution is 2.27. The normalized spacial score (nSPS) is 11.3. The SMILES string of the molecule is Cc1cc(F)c(N)cc1S(=O)(=O)Nc1ccccc1Br. The number of para-hydroxylation sites is 1. The minimum atomic E-state index is -3.83. The van der Waals surface area contributed by atoms with Crippen LogP contribution in [0.2, 0.25) is 0 Å². The summed E-state index contributed by atoms with van der Waals surface area (Å²) in [5.74, 6) is -0.637. The summed E-state index contributed by atoms with van der Waals surface area (Å²) in [6, 6.07) is 9.01. The molecule has 2 aromatic rings. The number of hydrogen-bond acceptors (Lipinski definition) is 3. The zero-order chi connectivity index (χ0) is 14.9. The van der Waals surface area contributed by atoms with E-state index in [4.69, 9.17) is 5.73 Å². The van der Waals surface area contributed by atoms with Crippen LogP contribution in [0.15, 0.2) is 45.8 Å². The molecule has 0 unspecified atom stereocenters. The molecule has 20 heavy (non-hydrogen) atoms. The van der Waals surface area contributed by atoms with E-state index in [1.165, 1.54) is 6.92 Å². The molecule has 0 saturated heterocycles. The number of benzene rings is 2. The molecule has 0 radical (unpaired) electrons. The molecule has 0 aromatic heterocycles. The third-order valence-corrected chi connectivity index (χ3v) is 4.90. The lowest BCUT2D eigenvalue weighted by molar-refractivity contribution is 0.599. The second kappa shape index (κ2) is 5.41. The fraction of sp³-hybridized carbons (Fsp3) is 0.0769. The molecule has 0 aliphatic heterocycles. The van der Waals surface area contributed by atoms with Crippen molar-refractivity contribution in [1.82, 2.24) is 0 Å². The van der Waals surface area contributed by atoms with Crippen LogP contribution in [-0.2, 0) is 10.0 Å². The van der Waals surface area contributed by atoms with E-state index in [1.807, 2.05) is 0 Å². The van der Waals surface area contributed by atoms with E-state index in [-0.39, 0.29) is 16.1 Å². The van der Waals surface area contributed by atoms with Crippen LogP contribution in [0.4, 0.5) is 15.8 Å². The van der Waals surface area contributed by atoms with Gasteiger partial charge in [-0.1, -0.05) is 12.1 Å². The Balaban J connectivity index is 2.47. The van der Waals surface area contributed by atoms with Gasteiger partial charge < -0.3 is 5.73 Å². The summed E-state index contributed by atoms with van der Waals surface area (Å²) in [4.78, 5) is -0.0489. The molecule has 0 saturated carbocycles. The predicted octanol–water partition coefficient (Wildman–Crippen LogP) is 3.28. The lowest BCUT2D eigenvalue weighted by Crippen LogP contribution is -2.15. The second-order valence-electron chi connectivity index (χ2n) is 4.22. The molecule has 2 aromatic carbocycles. The molecule has 0 aliphatic rings. The maximum Gasteiger partial charge on any atom is 0.262 e. The number of nitrogens with one attached hydrogen (secondary N) is 1. The topological polar surface area (TPSA) is 72.2 Å². The van der Waals surface area contributed by atoms with Crippen LogP contribution < -0.4 is 10.5 Å². The highest BCUT2D eigenvalue weighted by molar-refractivity contribution is 9.10. The molecule has 3 N–H and O–H groups in total. The van der Waals surface area contributed by atoms with Gasteiger partial charge in [0.05, 0.1) is 16.3 Å². The molecular formula is C13H12BrFN2O2S. The molecule has 0 spiro atoms. The largest absolute Gasteiger partial charge is 0.396 e. The van der Waals surface area contributed by atoms with Crippen molar-refractivity contribution in [2.24, 2.45) is 0 Å². The Kier molecular flexibility index (Phi) is 4.01. The Morgan fingerprint density at radius 1 is 1.25 bits per heavy atom.